The van der Waals surface area contributed by atoms with E-state index in [0.29, 0.717) is 12.4 Å². The van der Waals surface area contributed by atoms with Crippen LogP contribution >= 0.6 is 15.9 Å². The Bertz CT molecular complexity index is 416. The highest BCUT2D eigenvalue weighted by Gasteiger charge is 2.18. The normalized spacial score (nSPS) is 12.4. The summed E-state index contributed by atoms with van der Waals surface area (Å²) in [6.45, 7) is 5.55. The third-order valence-corrected chi connectivity index (χ3v) is 3.72. The van der Waals surface area contributed by atoms with Crippen molar-refractivity contribution in [3.8, 4) is 0 Å². The molecular formula is C14H24BrN3O2. The molecule has 6 heteroatoms. The van der Waals surface area contributed by atoms with Gasteiger partial charge in [-0.1, -0.05) is 20.3 Å². The number of rotatable bonds is 9. The van der Waals surface area contributed by atoms with Gasteiger partial charge in [-0.3, -0.25) is 0 Å². The number of nitrogens with zero attached hydrogens (tertiary/aromatic N) is 2. The van der Waals surface area contributed by atoms with Crippen molar-refractivity contribution < 1.29 is 9.47 Å². The van der Waals surface area contributed by atoms with Crippen LogP contribution in [0.25, 0.3) is 0 Å². The van der Waals surface area contributed by atoms with E-state index in [1.807, 2.05) is 0 Å². The lowest BCUT2D eigenvalue weighted by Crippen LogP contribution is -2.13. The van der Waals surface area contributed by atoms with Gasteiger partial charge in [-0.05, 0) is 28.8 Å². The third kappa shape index (κ3) is 4.68. The summed E-state index contributed by atoms with van der Waals surface area (Å²) in [5, 5.41) is 3.31. The zero-order chi connectivity index (χ0) is 15.0. The Kier molecular flexibility index (Phi) is 8.02. The standard InChI is InChI=1S/C14H24BrN3O2/c1-5-7-11(20-4)13-17-10(9-19-3)12(15)14(18-13)16-8-6-2/h11H,5-9H2,1-4H3,(H,16,17,18). The van der Waals surface area contributed by atoms with Crippen LogP contribution in [0.5, 0.6) is 0 Å². The number of hydrogen-bond acceptors (Lipinski definition) is 5. The highest BCUT2D eigenvalue weighted by atomic mass is 79.9. The molecule has 1 aromatic rings. The Morgan fingerprint density at radius 1 is 1.20 bits per heavy atom. The topological polar surface area (TPSA) is 56.3 Å². The third-order valence-electron chi connectivity index (χ3n) is 2.88. The van der Waals surface area contributed by atoms with Gasteiger partial charge in [0.25, 0.3) is 0 Å². The van der Waals surface area contributed by atoms with Crippen molar-refractivity contribution in [2.45, 2.75) is 45.8 Å². The van der Waals surface area contributed by atoms with Crippen molar-refractivity contribution in [3.05, 3.63) is 16.0 Å². The van der Waals surface area contributed by atoms with E-state index in [-0.39, 0.29) is 6.10 Å². The molecule has 0 radical (unpaired) electrons. The molecule has 5 nitrogen and oxygen atoms in total. The number of ether oxygens (including phenoxy) is 2. The minimum atomic E-state index is -0.0779. The Labute approximate surface area is 129 Å². The molecule has 114 valence electrons. The van der Waals surface area contributed by atoms with Crippen LogP contribution in [0.3, 0.4) is 0 Å². The highest BCUT2D eigenvalue weighted by Crippen LogP contribution is 2.28. The fourth-order valence-corrected chi connectivity index (χ4v) is 2.30. The van der Waals surface area contributed by atoms with Gasteiger partial charge in [-0.25, -0.2) is 9.97 Å². The SMILES string of the molecule is CCCNc1nc(C(CCC)OC)nc(COC)c1Br. The first-order valence-corrected chi connectivity index (χ1v) is 7.79. The zero-order valence-corrected chi connectivity index (χ0v) is 14.3. The van der Waals surface area contributed by atoms with Crippen molar-refractivity contribution in [1.82, 2.24) is 9.97 Å². The van der Waals surface area contributed by atoms with Crippen LogP contribution in [-0.4, -0.2) is 30.7 Å². The summed E-state index contributed by atoms with van der Waals surface area (Å²) in [6, 6.07) is 0. The molecule has 1 atom stereocenters. The lowest BCUT2D eigenvalue weighted by atomic mass is 10.2. The maximum atomic E-state index is 5.50. The van der Waals surface area contributed by atoms with E-state index >= 15 is 0 Å². The summed E-state index contributed by atoms with van der Waals surface area (Å²) >= 11 is 3.55. The maximum absolute atomic E-state index is 5.50. The molecule has 20 heavy (non-hydrogen) atoms. The van der Waals surface area contributed by atoms with Crippen molar-refractivity contribution in [2.24, 2.45) is 0 Å². The summed E-state index contributed by atoms with van der Waals surface area (Å²) in [5.41, 5.74) is 0.842. The fraction of sp³-hybridized carbons (Fsp3) is 0.714. The molecule has 0 amide bonds. The number of anilines is 1. The van der Waals surface area contributed by atoms with Crippen LogP contribution in [0.2, 0.25) is 0 Å². The average molecular weight is 346 g/mol. The maximum Gasteiger partial charge on any atom is 0.159 e. The molecule has 0 bridgehead atoms. The van der Waals surface area contributed by atoms with Crippen LogP contribution in [0, 0.1) is 0 Å². The molecule has 1 rings (SSSR count). The second-order valence-corrected chi connectivity index (χ2v) is 5.36. The van der Waals surface area contributed by atoms with E-state index in [9.17, 15) is 0 Å². The lowest BCUT2D eigenvalue weighted by Gasteiger charge is -2.17. The minimum absolute atomic E-state index is 0.0779. The molecule has 0 aliphatic heterocycles. The van der Waals surface area contributed by atoms with E-state index in [0.717, 1.165) is 41.8 Å². The van der Waals surface area contributed by atoms with Crippen molar-refractivity contribution >= 4 is 21.7 Å². The molecule has 0 aromatic carbocycles. The molecule has 0 saturated carbocycles. The zero-order valence-electron chi connectivity index (χ0n) is 12.7. The van der Waals surface area contributed by atoms with E-state index in [1.165, 1.54) is 0 Å². The van der Waals surface area contributed by atoms with Gasteiger partial charge in [0.2, 0.25) is 0 Å². The molecular weight excluding hydrogens is 322 g/mol. The smallest absolute Gasteiger partial charge is 0.159 e. The van der Waals surface area contributed by atoms with Crippen LogP contribution < -0.4 is 5.32 Å². The lowest BCUT2D eigenvalue weighted by molar-refractivity contribution is 0.0868. The first-order chi connectivity index (χ1) is 9.67. The Hall–Kier alpha value is -0.720. The van der Waals surface area contributed by atoms with Crippen molar-refractivity contribution in [2.75, 3.05) is 26.1 Å². The molecule has 1 unspecified atom stereocenters. The molecule has 0 aliphatic carbocycles. The van der Waals surface area contributed by atoms with Gasteiger partial charge >= 0.3 is 0 Å². The molecule has 0 fully saturated rings. The van der Waals surface area contributed by atoms with Crippen LogP contribution in [0.1, 0.15) is 50.7 Å². The molecule has 0 aliphatic rings. The molecule has 0 spiro atoms. The molecule has 1 heterocycles. The van der Waals surface area contributed by atoms with E-state index in [1.54, 1.807) is 14.2 Å². The summed E-state index contributed by atoms with van der Waals surface area (Å²) in [5.74, 6) is 1.52. The first-order valence-electron chi connectivity index (χ1n) is 6.99. The summed E-state index contributed by atoms with van der Waals surface area (Å²) in [4.78, 5) is 9.17. The highest BCUT2D eigenvalue weighted by molar-refractivity contribution is 9.10. The van der Waals surface area contributed by atoms with Crippen molar-refractivity contribution in [1.29, 1.82) is 0 Å². The number of halogens is 1. The summed E-state index contributed by atoms with van der Waals surface area (Å²) in [6.07, 6.45) is 2.88. The van der Waals surface area contributed by atoms with Gasteiger partial charge in [-0.2, -0.15) is 0 Å². The summed E-state index contributed by atoms with van der Waals surface area (Å²) in [7, 11) is 3.36. The molecule has 1 N–H and O–H groups in total. The Balaban J connectivity index is 3.12. The van der Waals surface area contributed by atoms with Gasteiger partial charge in [0.05, 0.1) is 16.8 Å². The fourth-order valence-electron chi connectivity index (χ4n) is 1.86. The second-order valence-electron chi connectivity index (χ2n) is 4.56. The number of hydrogen-bond donors (Lipinski definition) is 1. The van der Waals surface area contributed by atoms with E-state index in [2.05, 4.69) is 45.1 Å². The number of methoxy groups -OCH3 is 2. The Morgan fingerprint density at radius 3 is 2.50 bits per heavy atom. The Morgan fingerprint density at radius 2 is 1.95 bits per heavy atom. The second kappa shape index (κ2) is 9.26. The van der Waals surface area contributed by atoms with E-state index in [4.69, 9.17) is 9.47 Å². The predicted octanol–water partition coefficient (Wildman–Crippen LogP) is 3.70. The minimum Gasteiger partial charge on any atom is -0.378 e. The summed E-state index contributed by atoms with van der Waals surface area (Å²) < 4.78 is 11.6. The molecule has 1 aromatic heterocycles. The first kappa shape index (κ1) is 17.3. The van der Waals surface area contributed by atoms with Crippen LogP contribution in [0.4, 0.5) is 5.82 Å². The van der Waals surface area contributed by atoms with Gasteiger partial charge in [-0.15, -0.1) is 0 Å². The van der Waals surface area contributed by atoms with Gasteiger partial charge in [0, 0.05) is 20.8 Å². The van der Waals surface area contributed by atoms with Gasteiger partial charge in [0.1, 0.15) is 11.9 Å². The van der Waals surface area contributed by atoms with Crippen LogP contribution in [-0.2, 0) is 16.1 Å². The monoisotopic (exact) mass is 345 g/mol. The van der Waals surface area contributed by atoms with Gasteiger partial charge < -0.3 is 14.8 Å². The average Bonchev–Trinajstić information content (AvgIpc) is 2.46. The van der Waals surface area contributed by atoms with E-state index < -0.39 is 0 Å². The molecule has 0 saturated heterocycles. The predicted molar refractivity (Wildman–Crippen MR) is 83.9 cm³/mol. The van der Waals surface area contributed by atoms with Crippen molar-refractivity contribution in [3.63, 3.8) is 0 Å². The largest absolute Gasteiger partial charge is 0.378 e. The van der Waals surface area contributed by atoms with Crippen LogP contribution in [0.15, 0.2) is 4.47 Å². The quantitative estimate of drug-likeness (QED) is 0.739. The van der Waals surface area contributed by atoms with Gasteiger partial charge in [0.15, 0.2) is 5.82 Å². The number of nitrogens with one attached hydrogen (secondary N) is 1. The number of aromatic nitrogens is 2.